The molecule has 128 valence electrons. The maximum absolute atomic E-state index is 13.5. The van der Waals surface area contributed by atoms with Gasteiger partial charge in [0.25, 0.3) is 0 Å². The third kappa shape index (κ3) is 5.66. The zero-order valence-corrected chi connectivity index (χ0v) is 12.6. The second-order valence-electron chi connectivity index (χ2n) is 5.18. The first-order chi connectivity index (χ1) is 11.3. The fourth-order valence-electron chi connectivity index (χ4n) is 2.22. The smallest absolute Gasteiger partial charge is 0.344 e. The number of halogens is 4. The van der Waals surface area contributed by atoms with E-state index in [-0.39, 0.29) is 0 Å². The van der Waals surface area contributed by atoms with Crippen molar-refractivity contribution in [3.05, 3.63) is 71.5 Å². The summed E-state index contributed by atoms with van der Waals surface area (Å²) in [5, 5.41) is 4.66. The van der Waals surface area contributed by atoms with Gasteiger partial charge >= 0.3 is 6.18 Å². The molecule has 2 N–H and O–H groups in total. The minimum Gasteiger partial charge on any atom is -0.344 e. The second-order valence-corrected chi connectivity index (χ2v) is 5.18. The lowest BCUT2D eigenvalue weighted by Gasteiger charge is -2.20. The van der Waals surface area contributed by atoms with Gasteiger partial charge in [0.1, 0.15) is 5.82 Å². The van der Waals surface area contributed by atoms with E-state index < -0.39 is 37.0 Å². The van der Waals surface area contributed by atoms with Gasteiger partial charge in [-0.05, 0) is 23.3 Å². The lowest BCUT2D eigenvalue weighted by molar-refractivity contribution is -0.128. The first kappa shape index (κ1) is 17.9. The first-order valence-corrected chi connectivity index (χ1v) is 7.22. The summed E-state index contributed by atoms with van der Waals surface area (Å²) in [6.07, 6.45) is -4.39. The van der Waals surface area contributed by atoms with E-state index in [2.05, 4.69) is 5.32 Å². The first-order valence-electron chi connectivity index (χ1n) is 7.22. The Hall–Kier alpha value is -2.41. The summed E-state index contributed by atoms with van der Waals surface area (Å²) in [6, 6.07) is 13.9. The molecule has 0 radical (unpaired) electrons. The summed E-state index contributed by atoms with van der Waals surface area (Å²) in [4.78, 5) is 11.9. The highest BCUT2D eigenvalue weighted by Crippen LogP contribution is 2.22. The van der Waals surface area contributed by atoms with Gasteiger partial charge in [0.15, 0.2) is 0 Å². The molecule has 0 heterocycles. The van der Waals surface area contributed by atoms with Crippen molar-refractivity contribution < 1.29 is 22.4 Å². The molecular weight excluding hydrogens is 324 g/mol. The molecule has 3 nitrogen and oxygen atoms in total. The van der Waals surface area contributed by atoms with Gasteiger partial charge in [0.2, 0.25) is 5.91 Å². The van der Waals surface area contributed by atoms with Crippen LogP contribution in [-0.4, -0.2) is 25.2 Å². The fraction of sp³-hybridized carbons (Fsp3) is 0.235. The molecule has 0 aliphatic carbocycles. The Morgan fingerprint density at radius 1 is 1.00 bits per heavy atom. The molecule has 0 aromatic heterocycles. The van der Waals surface area contributed by atoms with E-state index in [4.69, 9.17) is 0 Å². The largest absolute Gasteiger partial charge is 0.401 e. The van der Waals surface area contributed by atoms with Crippen molar-refractivity contribution in [2.75, 3.05) is 13.1 Å². The normalized spacial score (nSPS) is 12.7. The summed E-state index contributed by atoms with van der Waals surface area (Å²) in [5.74, 6) is -1.07. The lowest BCUT2D eigenvalue weighted by Crippen LogP contribution is -2.39. The molecule has 0 spiro atoms. The Labute approximate surface area is 136 Å². The number of carbonyl (C=O) groups is 1. The van der Waals surface area contributed by atoms with Crippen LogP contribution in [-0.2, 0) is 4.79 Å². The quantitative estimate of drug-likeness (QED) is 0.793. The predicted octanol–water partition coefficient (Wildman–Crippen LogP) is 3.18. The van der Waals surface area contributed by atoms with Gasteiger partial charge < -0.3 is 10.6 Å². The maximum atomic E-state index is 13.5. The number of benzene rings is 2. The maximum Gasteiger partial charge on any atom is 0.401 e. The standard InChI is InChI=1S/C17H16F4N2O/c18-14-8-4-7-13(9-14)16(12-5-2-1-3-6-12)23-15(24)10-22-11-17(19,20)21/h1-9,16,22H,10-11H2,(H,23,24). The van der Waals surface area contributed by atoms with Gasteiger partial charge in [0.05, 0.1) is 19.1 Å². The fourth-order valence-corrected chi connectivity index (χ4v) is 2.22. The zero-order valence-electron chi connectivity index (χ0n) is 12.6. The molecule has 0 fully saturated rings. The Morgan fingerprint density at radius 2 is 1.67 bits per heavy atom. The molecule has 0 aliphatic rings. The Balaban J connectivity index is 2.11. The van der Waals surface area contributed by atoms with Crippen LogP contribution in [0.25, 0.3) is 0 Å². The molecule has 0 saturated heterocycles. The predicted molar refractivity (Wildman–Crippen MR) is 81.8 cm³/mol. The molecule has 7 heteroatoms. The Morgan fingerprint density at radius 3 is 2.29 bits per heavy atom. The van der Waals surface area contributed by atoms with Gasteiger partial charge in [-0.3, -0.25) is 4.79 Å². The molecule has 0 aliphatic heterocycles. The average Bonchev–Trinajstić information content (AvgIpc) is 2.52. The summed E-state index contributed by atoms with van der Waals surface area (Å²) in [7, 11) is 0. The van der Waals surface area contributed by atoms with Crippen LogP contribution in [0.15, 0.2) is 54.6 Å². The van der Waals surface area contributed by atoms with Crippen LogP contribution in [0.4, 0.5) is 17.6 Å². The van der Waals surface area contributed by atoms with Gasteiger partial charge in [-0.15, -0.1) is 0 Å². The third-order valence-corrected chi connectivity index (χ3v) is 3.23. The number of nitrogens with one attached hydrogen (secondary N) is 2. The highest BCUT2D eigenvalue weighted by molar-refractivity contribution is 5.79. The van der Waals surface area contributed by atoms with Crippen LogP contribution in [0.1, 0.15) is 17.2 Å². The molecule has 1 amide bonds. The van der Waals surface area contributed by atoms with Crippen molar-refractivity contribution in [2.24, 2.45) is 0 Å². The van der Waals surface area contributed by atoms with Crippen LogP contribution < -0.4 is 10.6 Å². The van der Waals surface area contributed by atoms with E-state index in [0.29, 0.717) is 11.1 Å². The van der Waals surface area contributed by atoms with E-state index in [1.54, 1.807) is 36.4 Å². The Bertz CT molecular complexity index is 674. The summed E-state index contributed by atoms with van der Waals surface area (Å²) in [6.45, 7) is -1.74. The van der Waals surface area contributed by atoms with Gasteiger partial charge in [0, 0.05) is 0 Å². The van der Waals surface area contributed by atoms with Crippen LogP contribution >= 0.6 is 0 Å². The minimum absolute atomic E-state index is 0.460. The highest BCUT2D eigenvalue weighted by atomic mass is 19.4. The Kier molecular flexibility index (Phi) is 5.92. The van der Waals surface area contributed by atoms with E-state index >= 15 is 0 Å². The summed E-state index contributed by atoms with van der Waals surface area (Å²) in [5.41, 5.74) is 1.21. The van der Waals surface area contributed by atoms with Crippen LogP contribution in [0.3, 0.4) is 0 Å². The topological polar surface area (TPSA) is 41.1 Å². The van der Waals surface area contributed by atoms with Crippen molar-refractivity contribution >= 4 is 5.91 Å². The zero-order chi connectivity index (χ0) is 17.6. The number of amides is 1. The van der Waals surface area contributed by atoms with Crippen molar-refractivity contribution in [1.29, 1.82) is 0 Å². The number of alkyl halides is 3. The molecular formula is C17H16F4N2O. The molecule has 24 heavy (non-hydrogen) atoms. The van der Waals surface area contributed by atoms with Gasteiger partial charge in [-0.2, -0.15) is 13.2 Å². The van der Waals surface area contributed by atoms with Crippen molar-refractivity contribution in [2.45, 2.75) is 12.2 Å². The summed E-state index contributed by atoms with van der Waals surface area (Å²) < 4.78 is 49.8. The average molecular weight is 340 g/mol. The van der Waals surface area contributed by atoms with E-state index in [1.165, 1.54) is 18.2 Å². The van der Waals surface area contributed by atoms with Crippen LogP contribution in [0.2, 0.25) is 0 Å². The molecule has 2 aromatic rings. The van der Waals surface area contributed by atoms with Crippen molar-refractivity contribution in [1.82, 2.24) is 10.6 Å². The molecule has 1 unspecified atom stereocenters. The number of rotatable bonds is 6. The monoisotopic (exact) mass is 340 g/mol. The van der Waals surface area contributed by atoms with Crippen molar-refractivity contribution in [3.8, 4) is 0 Å². The molecule has 0 bridgehead atoms. The van der Waals surface area contributed by atoms with Crippen LogP contribution in [0.5, 0.6) is 0 Å². The third-order valence-electron chi connectivity index (χ3n) is 3.23. The van der Waals surface area contributed by atoms with E-state index in [1.807, 2.05) is 5.32 Å². The lowest BCUT2D eigenvalue weighted by atomic mass is 9.98. The highest BCUT2D eigenvalue weighted by Gasteiger charge is 2.27. The number of carbonyl (C=O) groups excluding carboxylic acids is 1. The summed E-state index contributed by atoms with van der Waals surface area (Å²) >= 11 is 0. The molecule has 0 saturated carbocycles. The number of hydrogen-bond donors (Lipinski definition) is 2. The molecule has 2 rings (SSSR count). The van der Waals surface area contributed by atoms with Gasteiger partial charge in [-0.25, -0.2) is 4.39 Å². The molecule has 2 aromatic carbocycles. The van der Waals surface area contributed by atoms with E-state index in [9.17, 15) is 22.4 Å². The minimum atomic E-state index is -4.39. The van der Waals surface area contributed by atoms with Crippen LogP contribution in [0, 0.1) is 5.82 Å². The van der Waals surface area contributed by atoms with Gasteiger partial charge in [-0.1, -0.05) is 42.5 Å². The van der Waals surface area contributed by atoms with E-state index in [0.717, 1.165) is 0 Å². The SMILES string of the molecule is O=C(CNCC(F)(F)F)NC(c1ccccc1)c1cccc(F)c1. The second kappa shape index (κ2) is 7.92. The number of hydrogen-bond acceptors (Lipinski definition) is 2. The molecule has 1 atom stereocenters. The van der Waals surface area contributed by atoms with Crippen molar-refractivity contribution in [3.63, 3.8) is 0 Å².